The Hall–Kier alpha value is -2.76. The highest BCUT2D eigenvalue weighted by Gasteiger charge is 2.33. The second-order valence-electron chi connectivity index (χ2n) is 6.20. The minimum atomic E-state index is -0.289. The van der Waals surface area contributed by atoms with Gasteiger partial charge in [0, 0.05) is 18.2 Å². The lowest BCUT2D eigenvalue weighted by atomic mass is 10.1. The zero-order valence-corrected chi connectivity index (χ0v) is 15.1. The van der Waals surface area contributed by atoms with E-state index in [1.807, 2.05) is 4.90 Å². The molecule has 0 atom stereocenters. The van der Waals surface area contributed by atoms with Gasteiger partial charge in [-0.3, -0.25) is 4.79 Å². The Morgan fingerprint density at radius 2 is 1.62 bits per heavy atom. The van der Waals surface area contributed by atoms with Crippen molar-refractivity contribution < 1.29 is 23.4 Å². The average molecular weight is 359 g/mol. The lowest BCUT2D eigenvalue weighted by molar-refractivity contribution is 0.0729. The second-order valence-corrected chi connectivity index (χ2v) is 6.20. The van der Waals surface area contributed by atoms with Crippen LogP contribution in [0.5, 0.6) is 17.2 Å². The smallest absolute Gasteiger partial charge is 0.254 e. The number of halogens is 1. The molecule has 6 heteroatoms. The van der Waals surface area contributed by atoms with Crippen molar-refractivity contribution in [1.29, 1.82) is 0 Å². The van der Waals surface area contributed by atoms with Crippen LogP contribution in [0.4, 0.5) is 4.39 Å². The van der Waals surface area contributed by atoms with Crippen LogP contribution in [-0.4, -0.2) is 38.2 Å². The number of hydrogen-bond acceptors (Lipinski definition) is 4. The van der Waals surface area contributed by atoms with E-state index in [1.165, 1.54) is 33.5 Å². The van der Waals surface area contributed by atoms with E-state index in [4.69, 9.17) is 14.2 Å². The molecular formula is C20H22FNO4. The summed E-state index contributed by atoms with van der Waals surface area (Å²) in [6.07, 6.45) is 1.94. The third-order valence-electron chi connectivity index (χ3n) is 4.43. The average Bonchev–Trinajstić information content (AvgIpc) is 3.50. The molecule has 0 spiro atoms. The number of rotatable bonds is 7. The molecule has 5 nitrogen and oxygen atoms in total. The predicted molar refractivity (Wildman–Crippen MR) is 95.4 cm³/mol. The van der Waals surface area contributed by atoms with Gasteiger partial charge in [0.1, 0.15) is 5.82 Å². The predicted octanol–water partition coefficient (Wildman–Crippen LogP) is 3.66. The molecule has 0 aliphatic heterocycles. The fourth-order valence-corrected chi connectivity index (χ4v) is 2.91. The van der Waals surface area contributed by atoms with Crippen LogP contribution < -0.4 is 14.2 Å². The van der Waals surface area contributed by atoms with Crippen LogP contribution in [0.1, 0.15) is 28.8 Å². The molecule has 2 aromatic carbocycles. The minimum absolute atomic E-state index is 0.115. The molecule has 1 aliphatic carbocycles. The van der Waals surface area contributed by atoms with Crippen molar-refractivity contribution in [1.82, 2.24) is 4.90 Å². The highest BCUT2D eigenvalue weighted by Crippen LogP contribution is 2.39. The third kappa shape index (κ3) is 3.74. The Labute approximate surface area is 152 Å². The Balaban J connectivity index is 1.91. The summed E-state index contributed by atoms with van der Waals surface area (Å²) in [6, 6.07) is 9.73. The molecule has 0 bridgehead atoms. The first-order valence-corrected chi connectivity index (χ1v) is 8.42. The Kier molecular flexibility index (Phi) is 5.30. The standard InChI is InChI=1S/C20H22FNO4/c1-24-17-10-14(11-18(25-2)19(17)26-3)20(23)22(16-8-9-16)12-13-4-6-15(21)7-5-13/h4-7,10-11,16H,8-9,12H2,1-3H3. The summed E-state index contributed by atoms with van der Waals surface area (Å²) in [5.74, 6) is 0.919. The number of carbonyl (C=O) groups excluding carboxylic acids is 1. The van der Waals surface area contributed by atoms with Gasteiger partial charge >= 0.3 is 0 Å². The largest absolute Gasteiger partial charge is 0.493 e. The molecule has 0 N–H and O–H groups in total. The first-order chi connectivity index (χ1) is 12.6. The van der Waals surface area contributed by atoms with Crippen LogP contribution in [0.2, 0.25) is 0 Å². The fraction of sp³-hybridized carbons (Fsp3) is 0.350. The Bertz CT molecular complexity index is 762. The van der Waals surface area contributed by atoms with Crippen molar-refractivity contribution in [2.75, 3.05) is 21.3 Å². The third-order valence-corrected chi connectivity index (χ3v) is 4.43. The second kappa shape index (κ2) is 7.64. The fourth-order valence-electron chi connectivity index (χ4n) is 2.91. The molecule has 1 amide bonds. The summed E-state index contributed by atoms with van der Waals surface area (Å²) in [7, 11) is 4.55. The summed E-state index contributed by atoms with van der Waals surface area (Å²) < 4.78 is 29.1. The summed E-state index contributed by atoms with van der Waals surface area (Å²) >= 11 is 0. The molecule has 2 aromatic rings. The Morgan fingerprint density at radius 1 is 1.04 bits per heavy atom. The number of methoxy groups -OCH3 is 3. The van der Waals surface area contributed by atoms with E-state index in [2.05, 4.69) is 0 Å². The van der Waals surface area contributed by atoms with Gasteiger partial charge in [-0.15, -0.1) is 0 Å². The number of nitrogens with zero attached hydrogens (tertiary/aromatic N) is 1. The van der Waals surface area contributed by atoms with Crippen LogP contribution in [-0.2, 0) is 6.54 Å². The molecule has 0 heterocycles. The van der Waals surface area contributed by atoms with E-state index in [0.29, 0.717) is 29.4 Å². The van der Waals surface area contributed by atoms with Crippen molar-refractivity contribution in [2.45, 2.75) is 25.4 Å². The van der Waals surface area contributed by atoms with Gasteiger partial charge in [0.05, 0.1) is 21.3 Å². The van der Waals surface area contributed by atoms with E-state index in [9.17, 15) is 9.18 Å². The van der Waals surface area contributed by atoms with Crippen LogP contribution in [0.3, 0.4) is 0 Å². The van der Waals surface area contributed by atoms with Gasteiger partial charge in [0.15, 0.2) is 11.5 Å². The van der Waals surface area contributed by atoms with Gasteiger partial charge in [0.2, 0.25) is 5.75 Å². The summed E-state index contributed by atoms with van der Waals surface area (Å²) in [5.41, 5.74) is 1.35. The maximum atomic E-state index is 13.1. The Morgan fingerprint density at radius 3 is 2.08 bits per heavy atom. The quantitative estimate of drug-likeness (QED) is 0.757. The summed E-state index contributed by atoms with van der Waals surface area (Å²) in [6.45, 7) is 0.431. The van der Waals surface area contributed by atoms with Crippen molar-refractivity contribution in [3.8, 4) is 17.2 Å². The van der Waals surface area contributed by atoms with E-state index in [0.717, 1.165) is 18.4 Å². The highest BCUT2D eigenvalue weighted by molar-refractivity contribution is 5.96. The molecule has 1 fully saturated rings. The first kappa shape index (κ1) is 18.0. The van der Waals surface area contributed by atoms with Gasteiger partial charge in [-0.05, 0) is 42.7 Å². The topological polar surface area (TPSA) is 48.0 Å². The maximum Gasteiger partial charge on any atom is 0.254 e. The van der Waals surface area contributed by atoms with E-state index < -0.39 is 0 Å². The molecule has 0 radical (unpaired) electrons. The number of carbonyl (C=O) groups is 1. The van der Waals surface area contributed by atoms with Crippen molar-refractivity contribution in [3.05, 3.63) is 53.3 Å². The molecule has 0 aromatic heterocycles. The molecule has 26 heavy (non-hydrogen) atoms. The van der Waals surface area contributed by atoms with Crippen LogP contribution in [0.15, 0.2) is 36.4 Å². The van der Waals surface area contributed by atoms with Gasteiger partial charge < -0.3 is 19.1 Å². The van der Waals surface area contributed by atoms with Crippen LogP contribution in [0, 0.1) is 5.82 Å². The van der Waals surface area contributed by atoms with E-state index >= 15 is 0 Å². The molecule has 3 rings (SSSR count). The lowest BCUT2D eigenvalue weighted by Crippen LogP contribution is -2.32. The molecule has 1 saturated carbocycles. The monoisotopic (exact) mass is 359 g/mol. The lowest BCUT2D eigenvalue weighted by Gasteiger charge is -2.23. The van der Waals surface area contributed by atoms with E-state index in [-0.39, 0.29) is 17.8 Å². The van der Waals surface area contributed by atoms with Crippen molar-refractivity contribution in [3.63, 3.8) is 0 Å². The zero-order valence-electron chi connectivity index (χ0n) is 15.1. The van der Waals surface area contributed by atoms with Crippen LogP contribution >= 0.6 is 0 Å². The number of benzene rings is 2. The van der Waals surface area contributed by atoms with Crippen LogP contribution in [0.25, 0.3) is 0 Å². The summed E-state index contributed by atoms with van der Waals surface area (Å²) in [4.78, 5) is 14.9. The van der Waals surface area contributed by atoms with Crippen molar-refractivity contribution in [2.24, 2.45) is 0 Å². The highest BCUT2D eigenvalue weighted by atomic mass is 19.1. The SMILES string of the molecule is COc1cc(C(=O)N(Cc2ccc(F)cc2)C2CC2)cc(OC)c1OC. The number of amides is 1. The molecule has 0 unspecified atom stereocenters. The van der Waals surface area contributed by atoms with Gasteiger partial charge in [-0.25, -0.2) is 4.39 Å². The van der Waals surface area contributed by atoms with E-state index in [1.54, 1.807) is 24.3 Å². The van der Waals surface area contributed by atoms with Gasteiger partial charge in [0.25, 0.3) is 5.91 Å². The molecular weight excluding hydrogens is 337 g/mol. The molecule has 138 valence electrons. The maximum absolute atomic E-state index is 13.1. The van der Waals surface area contributed by atoms with Crippen molar-refractivity contribution >= 4 is 5.91 Å². The molecule has 0 saturated heterocycles. The van der Waals surface area contributed by atoms with Gasteiger partial charge in [-0.2, -0.15) is 0 Å². The minimum Gasteiger partial charge on any atom is -0.493 e. The first-order valence-electron chi connectivity index (χ1n) is 8.42. The van der Waals surface area contributed by atoms with Gasteiger partial charge in [-0.1, -0.05) is 12.1 Å². The summed E-state index contributed by atoms with van der Waals surface area (Å²) in [5, 5.41) is 0. The number of ether oxygens (including phenoxy) is 3. The number of hydrogen-bond donors (Lipinski definition) is 0. The zero-order chi connectivity index (χ0) is 18.7. The molecule has 1 aliphatic rings. The normalized spacial score (nSPS) is 13.2.